The van der Waals surface area contributed by atoms with Crippen LogP contribution < -0.4 is 11.2 Å². The maximum absolute atomic E-state index is 12.5. The average molecular weight is 372 g/mol. The van der Waals surface area contributed by atoms with Crippen molar-refractivity contribution in [3.63, 3.8) is 0 Å². The minimum Gasteiger partial charge on any atom is -0.309 e. The van der Waals surface area contributed by atoms with E-state index in [9.17, 15) is 14.4 Å². The highest BCUT2D eigenvalue weighted by Gasteiger charge is 2.21. The van der Waals surface area contributed by atoms with Crippen LogP contribution in [-0.2, 0) is 18.4 Å². The van der Waals surface area contributed by atoms with Crippen molar-refractivity contribution in [1.82, 2.24) is 19.1 Å². The van der Waals surface area contributed by atoms with Crippen molar-refractivity contribution in [3.05, 3.63) is 56.2 Å². The number of thioether (sulfide) groups is 1. The van der Waals surface area contributed by atoms with Gasteiger partial charge in [-0.2, -0.15) is 0 Å². The lowest BCUT2D eigenvalue weighted by atomic mass is 10.1. The third-order valence-corrected chi connectivity index (χ3v) is 5.46. The number of ketones is 1. The largest absolute Gasteiger partial charge is 0.329 e. The van der Waals surface area contributed by atoms with Gasteiger partial charge in [0.05, 0.1) is 11.8 Å². The number of carbonyl (C=O) groups excluding carboxylic acids is 1. The summed E-state index contributed by atoms with van der Waals surface area (Å²) in [6.45, 7) is 5.74. The summed E-state index contributed by atoms with van der Waals surface area (Å²) in [6.07, 6.45) is 0. The molecule has 7 nitrogen and oxygen atoms in total. The van der Waals surface area contributed by atoms with Gasteiger partial charge in [0.25, 0.3) is 5.56 Å². The first-order chi connectivity index (χ1) is 12.3. The second-order valence-corrected chi connectivity index (χ2v) is 7.64. The van der Waals surface area contributed by atoms with Gasteiger partial charge >= 0.3 is 5.69 Å². The number of hydrogen-bond acceptors (Lipinski definition) is 5. The molecule has 0 spiro atoms. The zero-order chi connectivity index (χ0) is 19.0. The van der Waals surface area contributed by atoms with Gasteiger partial charge in [0.15, 0.2) is 16.3 Å². The van der Waals surface area contributed by atoms with Gasteiger partial charge < -0.3 is 4.57 Å². The van der Waals surface area contributed by atoms with E-state index in [0.717, 1.165) is 11.1 Å². The molecule has 3 rings (SSSR count). The first-order valence-corrected chi connectivity index (χ1v) is 9.08. The molecular formula is C18H20N4O3S. The molecule has 0 saturated heterocycles. The Labute approximate surface area is 154 Å². The Balaban J connectivity index is 2.22. The van der Waals surface area contributed by atoms with Gasteiger partial charge in [0.1, 0.15) is 5.78 Å². The monoisotopic (exact) mass is 372 g/mol. The van der Waals surface area contributed by atoms with E-state index in [1.165, 1.54) is 23.3 Å². The summed E-state index contributed by atoms with van der Waals surface area (Å²) in [4.78, 5) is 42.9. The molecule has 0 radical (unpaired) electrons. The number of carbonyl (C=O) groups is 1. The number of imidazole rings is 1. The quantitative estimate of drug-likeness (QED) is 0.691. The minimum atomic E-state index is -0.515. The highest BCUT2D eigenvalue weighted by atomic mass is 32.2. The molecule has 0 aliphatic heterocycles. The van der Waals surface area contributed by atoms with Crippen LogP contribution in [-0.4, -0.2) is 30.1 Å². The molecule has 136 valence electrons. The molecule has 1 unspecified atom stereocenters. The first-order valence-electron chi connectivity index (χ1n) is 8.20. The summed E-state index contributed by atoms with van der Waals surface area (Å²) in [5.74, 6) is 0.0203. The predicted molar refractivity (Wildman–Crippen MR) is 102 cm³/mol. The molecule has 0 amide bonds. The highest BCUT2D eigenvalue weighted by molar-refractivity contribution is 8.00. The number of nitrogens with one attached hydrogen (secondary N) is 1. The molecule has 26 heavy (non-hydrogen) atoms. The van der Waals surface area contributed by atoms with Crippen molar-refractivity contribution >= 4 is 28.7 Å². The van der Waals surface area contributed by atoms with E-state index in [1.54, 1.807) is 18.5 Å². The number of rotatable bonds is 5. The molecule has 0 saturated carbocycles. The molecule has 0 aliphatic carbocycles. The lowest BCUT2D eigenvalue weighted by Gasteiger charge is -2.11. The van der Waals surface area contributed by atoms with Gasteiger partial charge in [-0.15, -0.1) is 0 Å². The van der Waals surface area contributed by atoms with Crippen LogP contribution >= 0.6 is 11.8 Å². The van der Waals surface area contributed by atoms with Crippen molar-refractivity contribution in [1.29, 1.82) is 0 Å². The van der Waals surface area contributed by atoms with Crippen molar-refractivity contribution in [2.45, 2.75) is 37.7 Å². The number of aromatic amines is 1. The predicted octanol–water partition coefficient (Wildman–Crippen LogP) is 1.85. The summed E-state index contributed by atoms with van der Waals surface area (Å²) < 4.78 is 3.08. The van der Waals surface area contributed by atoms with E-state index in [4.69, 9.17) is 0 Å². The molecular weight excluding hydrogens is 352 g/mol. The number of aryl methyl sites for hydroxylation is 2. The van der Waals surface area contributed by atoms with Crippen molar-refractivity contribution < 1.29 is 4.79 Å². The van der Waals surface area contributed by atoms with Crippen LogP contribution in [0.2, 0.25) is 0 Å². The molecule has 1 N–H and O–H groups in total. The normalized spacial score (nSPS) is 12.5. The maximum atomic E-state index is 12.5. The van der Waals surface area contributed by atoms with Gasteiger partial charge in [-0.05, 0) is 26.3 Å². The molecule has 2 aromatic heterocycles. The topological polar surface area (TPSA) is 89.8 Å². The van der Waals surface area contributed by atoms with Crippen LogP contribution in [0.5, 0.6) is 0 Å². The van der Waals surface area contributed by atoms with Crippen LogP contribution in [0.3, 0.4) is 0 Å². The molecule has 1 aromatic carbocycles. The molecule has 0 bridgehead atoms. The smallest absolute Gasteiger partial charge is 0.309 e. The van der Waals surface area contributed by atoms with E-state index in [0.29, 0.717) is 22.9 Å². The van der Waals surface area contributed by atoms with Crippen LogP contribution in [0.15, 0.2) is 39.0 Å². The fourth-order valence-electron chi connectivity index (χ4n) is 2.69. The Morgan fingerprint density at radius 2 is 2.08 bits per heavy atom. The van der Waals surface area contributed by atoms with Crippen LogP contribution in [0, 0.1) is 6.92 Å². The second kappa shape index (κ2) is 6.95. The third kappa shape index (κ3) is 3.37. The Bertz CT molecular complexity index is 1110. The average Bonchev–Trinajstić information content (AvgIpc) is 2.91. The summed E-state index contributed by atoms with van der Waals surface area (Å²) in [5.41, 5.74) is 1.76. The molecule has 1 atom stereocenters. The van der Waals surface area contributed by atoms with E-state index in [-0.39, 0.29) is 11.0 Å². The highest BCUT2D eigenvalue weighted by Crippen LogP contribution is 2.26. The third-order valence-electron chi connectivity index (χ3n) is 4.25. The number of fused-ring (bicyclic) bond motifs is 1. The van der Waals surface area contributed by atoms with Crippen LogP contribution in [0.1, 0.15) is 25.0 Å². The fourth-order valence-corrected chi connectivity index (χ4v) is 3.59. The van der Waals surface area contributed by atoms with E-state index >= 15 is 0 Å². The molecule has 3 aromatic rings. The van der Waals surface area contributed by atoms with Gasteiger partial charge in [-0.25, -0.2) is 9.78 Å². The van der Waals surface area contributed by atoms with E-state index in [1.807, 2.05) is 31.2 Å². The van der Waals surface area contributed by atoms with Crippen LogP contribution in [0.4, 0.5) is 0 Å². The molecule has 2 heterocycles. The zero-order valence-corrected chi connectivity index (χ0v) is 15.9. The number of Topliss-reactive ketones (excluding diaryl/α,β-unsaturated/α-hetero) is 1. The maximum Gasteiger partial charge on any atom is 0.329 e. The molecule has 0 fully saturated rings. The lowest BCUT2D eigenvalue weighted by Crippen LogP contribution is -2.29. The Morgan fingerprint density at radius 1 is 1.35 bits per heavy atom. The summed E-state index contributed by atoms with van der Waals surface area (Å²) >= 11 is 1.28. The van der Waals surface area contributed by atoms with E-state index in [2.05, 4.69) is 9.97 Å². The number of nitrogens with zero attached hydrogens (tertiary/aromatic N) is 3. The van der Waals surface area contributed by atoms with Gasteiger partial charge in [-0.1, -0.05) is 41.6 Å². The fraction of sp³-hybridized carbons (Fsp3) is 0.333. The summed E-state index contributed by atoms with van der Waals surface area (Å²) in [6, 6.07) is 7.96. The SMILES string of the molecule is CC(=O)C(C)Sc1nc2c(c(=O)[nH]c(=O)n2C)n1Cc1cccc(C)c1. The van der Waals surface area contributed by atoms with Crippen LogP contribution in [0.25, 0.3) is 11.2 Å². The molecule has 0 aliphatic rings. The summed E-state index contributed by atoms with van der Waals surface area (Å²) in [5, 5.41) is 0.232. The number of H-pyrrole nitrogens is 1. The number of benzene rings is 1. The lowest BCUT2D eigenvalue weighted by molar-refractivity contribution is -0.116. The van der Waals surface area contributed by atoms with Gasteiger partial charge in [0.2, 0.25) is 0 Å². The van der Waals surface area contributed by atoms with Crippen molar-refractivity contribution in [2.24, 2.45) is 7.05 Å². The summed E-state index contributed by atoms with van der Waals surface area (Å²) in [7, 11) is 1.56. The van der Waals surface area contributed by atoms with E-state index < -0.39 is 11.2 Å². The first kappa shape index (κ1) is 18.2. The second-order valence-electron chi connectivity index (χ2n) is 6.33. The number of hydrogen-bond donors (Lipinski definition) is 1. The Hall–Kier alpha value is -2.61. The standard InChI is InChI=1S/C18H20N4O3S/c1-10-6-5-7-13(8-10)9-22-14-15(21(4)17(25)20-16(14)24)19-18(22)26-12(3)11(2)23/h5-8,12H,9H2,1-4H3,(H,20,24,25). The van der Waals surface area contributed by atoms with Crippen molar-refractivity contribution in [2.75, 3.05) is 0 Å². The minimum absolute atomic E-state index is 0.0203. The zero-order valence-electron chi connectivity index (χ0n) is 15.1. The Morgan fingerprint density at radius 3 is 2.73 bits per heavy atom. The number of aromatic nitrogens is 4. The van der Waals surface area contributed by atoms with Crippen molar-refractivity contribution in [3.8, 4) is 0 Å². The molecule has 8 heteroatoms. The Kier molecular flexibility index (Phi) is 4.86. The van der Waals surface area contributed by atoms with Gasteiger partial charge in [0, 0.05) is 7.05 Å². The van der Waals surface area contributed by atoms with Gasteiger partial charge in [-0.3, -0.25) is 19.1 Å².